The fraction of sp³-hybridized carbons (Fsp3) is 0.467. The Bertz CT molecular complexity index is 543. The largest absolute Gasteiger partial charge is 0.478 e. The Labute approximate surface area is 124 Å². The van der Waals surface area contributed by atoms with Crippen LogP contribution in [0.2, 0.25) is 0 Å². The molecule has 1 aliphatic rings. The minimum Gasteiger partial charge on any atom is -0.478 e. The van der Waals surface area contributed by atoms with Crippen LogP contribution in [0.15, 0.2) is 18.2 Å². The summed E-state index contributed by atoms with van der Waals surface area (Å²) in [5, 5.41) is 5.55. The van der Waals surface area contributed by atoms with Crippen LogP contribution in [0.3, 0.4) is 0 Å². The molecule has 21 heavy (non-hydrogen) atoms. The lowest BCUT2D eigenvalue weighted by atomic mass is 10.1. The van der Waals surface area contributed by atoms with Crippen LogP contribution in [-0.2, 0) is 9.59 Å². The zero-order valence-corrected chi connectivity index (χ0v) is 12.6. The minimum atomic E-state index is -0.778. The first-order valence-electron chi connectivity index (χ1n) is 6.95. The third-order valence-electron chi connectivity index (χ3n) is 3.21. The van der Waals surface area contributed by atoms with E-state index in [1.165, 1.54) is 0 Å². The molecule has 2 amide bonds. The molecule has 0 bridgehead atoms. The number of fused-ring (bicyclic) bond motifs is 1. The highest BCUT2D eigenvalue weighted by Crippen LogP contribution is 2.30. The molecule has 6 heteroatoms. The second-order valence-corrected chi connectivity index (χ2v) is 5.45. The molecule has 0 unspecified atom stereocenters. The number of amides is 2. The van der Waals surface area contributed by atoms with E-state index in [0.717, 1.165) is 12.1 Å². The highest BCUT2D eigenvalue weighted by Gasteiger charge is 2.29. The van der Waals surface area contributed by atoms with Crippen molar-refractivity contribution in [3.05, 3.63) is 23.8 Å². The van der Waals surface area contributed by atoms with E-state index < -0.39 is 6.10 Å². The van der Waals surface area contributed by atoms with Crippen LogP contribution in [0.25, 0.3) is 0 Å². The fourth-order valence-electron chi connectivity index (χ4n) is 2.06. The Morgan fingerprint density at radius 2 is 2.19 bits per heavy atom. The summed E-state index contributed by atoms with van der Waals surface area (Å²) in [7, 11) is 3.87. The molecular weight excluding hydrogens is 270 g/mol. The molecule has 2 N–H and O–H groups in total. The number of nitrogens with one attached hydrogen (secondary N) is 2. The lowest BCUT2D eigenvalue weighted by molar-refractivity contribution is -0.130. The van der Waals surface area contributed by atoms with Gasteiger partial charge < -0.3 is 20.3 Å². The van der Waals surface area contributed by atoms with Gasteiger partial charge in [0.2, 0.25) is 5.91 Å². The Balaban J connectivity index is 1.91. The van der Waals surface area contributed by atoms with Gasteiger partial charge in [-0.3, -0.25) is 9.59 Å². The summed E-state index contributed by atoms with van der Waals surface area (Å²) in [5.74, 6) is 0.134. The molecule has 0 saturated heterocycles. The Kier molecular flexibility index (Phi) is 4.80. The smallest absolute Gasteiger partial charge is 0.266 e. The van der Waals surface area contributed by atoms with Crippen LogP contribution < -0.4 is 15.4 Å². The summed E-state index contributed by atoms with van der Waals surface area (Å²) in [4.78, 5) is 25.8. The van der Waals surface area contributed by atoms with Crippen molar-refractivity contribution in [2.45, 2.75) is 19.4 Å². The van der Waals surface area contributed by atoms with Crippen molar-refractivity contribution >= 4 is 17.5 Å². The van der Waals surface area contributed by atoms with Crippen LogP contribution in [0.4, 0.5) is 5.69 Å². The fourth-order valence-corrected chi connectivity index (χ4v) is 2.06. The molecule has 6 nitrogen and oxygen atoms in total. The number of likely N-dealkylation sites (N-methyl/N-ethyl adjacent to an activating group) is 1. The maximum Gasteiger partial charge on any atom is 0.266 e. The van der Waals surface area contributed by atoms with Gasteiger partial charge in [0.05, 0.1) is 12.1 Å². The Hall–Kier alpha value is -2.08. The van der Waals surface area contributed by atoms with E-state index >= 15 is 0 Å². The summed E-state index contributed by atoms with van der Waals surface area (Å²) in [6.45, 7) is 3.25. The molecule has 0 radical (unpaired) electrons. The van der Waals surface area contributed by atoms with Gasteiger partial charge in [-0.2, -0.15) is 0 Å². The predicted molar refractivity (Wildman–Crippen MR) is 80.4 cm³/mol. The number of hydrogen-bond donors (Lipinski definition) is 2. The number of carbonyl (C=O) groups is 2. The average Bonchev–Trinajstić information content (AvgIpc) is 2.39. The number of anilines is 1. The average molecular weight is 291 g/mol. The lowest BCUT2D eigenvalue weighted by Crippen LogP contribution is -2.42. The number of aryl methyl sites for hydroxylation is 1. The summed E-state index contributed by atoms with van der Waals surface area (Å²) in [5.41, 5.74) is 1.70. The van der Waals surface area contributed by atoms with E-state index in [2.05, 4.69) is 10.6 Å². The van der Waals surface area contributed by atoms with Gasteiger partial charge in [0, 0.05) is 13.1 Å². The molecular formula is C15H21N3O3. The van der Waals surface area contributed by atoms with Gasteiger partial charge in [0.15, 0.2) is 6.10 Å². The molecule has 114 valence electrons. The zero-order valence-electron chi connectivity index (χ0n) is 12.6. The minimum absolute atomic E-state index is 0.0204. The van der Waals surface area contributed by atoms with E-state index in [0.29, 0.717) is 18.0 Å². The van der Waals surface area contributed by atoms with Crippen molar-refractivity contribution in [1.82, 2.24) is 10.2 Å². The van der Waals surface area contributed by atoms with Gasteiger partial charge in [-0.25, -0.2) is 0 Å². The molecule has 2 rings (SSSR count). The molecule has 1 aliphatic heterocycles. The maximum atomic E-state index is 12.0. The Morgan fingerprint density at radius 3 is 2.90 bits per heavy atom. The number of ether oxygens (including phenoxy) is 1. The van der Waals surface area contributed by atoms with Crippen molar-refractivity contribution in [1.29, 1.82) is 0 Å². The highest BCUT2D eigenvalue weighted by atomic mass is 16.5. The summed E-state index contributed by atoms with van der Waals surface area (Å²) >= 11 is 0. The van der Waals surface area contributed by atoms with E-state index in [1.54, 1.807) is 6.07 Å². The lowest BCUT2D eigenvalue weighted by Gasteiger charge is -2.25. The molecule has 0 aliphatic carbocycles. The van der Waals surface area contributed by atoms with Gasteiger partial charge in [-0.15, -0.1) is 0 Å². The first-order valence-corrected chi connectivity index (χ1v) is 6.95. The van der Waals surface area contributed by atoms with Gasteiger partial charge in [0.25, 0.3) is 5.91 Å². The SMILES string of the molecule is Cc1ccc2c(c1)NC(=O)[C@@H](CC(=O)NCCN(C)C)O2. The number of nitrogens with zero attached hydrogens (tertiary/aromatic N) is 1. The first kappa shape index (κ1) is 15.3. The van der Waals surface area contributed by atoms with E-state index in [4.69, 9.17) is 4.74 Å². The van der Waals surface area contributed by atoms with Gasteiger partial charge >= 0.3 is 0 Å². The van der Waals surface area contributed by atoms with Crippen molar-refractivity contribution in [3.8, 4) is 5.75 Å². The standard InChI is InChI=1S/C15H21N3O3/c1-10-4-5-12-11(8-10)17-15(20)13(21-12)9-14(19)16-6-7-18(2)3/h4-5,8,13H,6-7,9H2,1-3H3,(H,16,19)(H,17,20)/t13-/m1/s1. The van der Waals surface area contributed by atoms with Crippen LogP contribution in [0.1, 0.15) is 12.0 Å². The molecule has 1 aromatic rings. The van der Waals surface area contributed by atoms with Crippen LogP contribution in [0.5, 0.6) is 5.75 Å². The van der Waals surface area contributed by atoms with Gasteiger partial charge in [-0.05, 0) is 38.7 Å². The van der Waals surface area contributed by atoms with E-state index in [1.807, 2.05) is 38.1 Å². The second-order valence-electron chi connectivity index (χ2n) is 5.45. The highest BCUT2D eigenvalue weighted by molar-refractivity contribution is 6.00. The Morgan fingerprint density at radius 1 is 1.43 bits per heavy atom. The number of rotatable bonds is 5. The maximum absolute atomic E-state index is 12.0. The van der Waals surface area contributed by atoms with Crippen molar-refractivity contribution < 1.29 is 14.3 Å². The molecule has 0 spiro atoms. The number of carbonyl (C=O) groups excluding carboxylic acids is 2. The quantitative estimate of drug-likeness (QED) is 0.840. The van der Waals surface area contributed by atoms with Crippen LogP contribution in [0, 0.1) is 6.92 Å². The summed E-state index contributed by atoms with van der Waals surface area (Å²) < 4.78 is 5.61. The molecule has 0 fully saturated rings. The monoisotopic (exact) mass is 291 g/mol. The third-order valence-corrected chi connectivity index (χ3v) is 3.21. The molecule has 0 saturated carbocycles. The topological polar surface area (TPSA) is 70.7 Å². The van der Waals surface area contributed by atoms with Crippen molar-refractivity contribution in [3.63, 3.8) is 0 Å². The third kappa shape index (κ3) is 4.19. The second kappa shape index (κ2) is 6.58. The van der Waals surface area contributed by atoms with E-state index in [9.17, 15) is 9.59 Å². The normalized spacial score (nSPS) is 17.0. The molecule has 1 aromatic carbocycles. The van der Waals surface area contributed by atoms with Gasteiger partial charge in [0.1, 0.15) is 5.75 Å². The summed E-state index contributed by atoms with van der Waals surface area (Å²) in [6, 6.07) is 5.56. The first-order chi connectivity index (χ1) is 9.95. The molecule has 0 aromatic heterocycles. The molecule has 1 atom stereocenters. The summed E-state index contributed by atoms with van der Waals surface area (Å²) in [6.07, 6.45) is -0.758. The van der Waals surface area contributed by atoms with Crippen molar-refractivity contribution in [2.75, 3.05) is 32.5 Å². The van der Waals surface area contributed by atoms with Gasteiger partial charge in [-0.1, -0.05) is 6.07 Å². The van der Waals surface area contributed by atoms with Crippen LogP contribution >= 0.6 is 0 Å². The number of hydrogen-bond acceptors (Lipinski definition) is 4. The number of benzene rings is 1. The van der Waals surface area contributed by atoms with Crippen LogP contribution in [-0.4, -0.2) is 50.0 Å². The predicted octanol–water partition coefficient (Wildman–Crippen LogP) is 0.762. The zero-order chi connectivity index (χ0) is 15.4. The van der Waals surface area contributed by atoms with E-state index in [-0.39, 0.29) is 18.2 Å². The van der Waals surface area contributed by atoms with Crippen molar-refractivity contribution in [2.24, 2.45) is 0 Å². The molecule has 1 heterocycles.